The van der Waals surface area contributed by atoms with E-state index < -0.39 is 23.4 Å². The first kappa shape index (κ1) is 22.5. The van der Waals surface area contributed by atoms with Crippen molar-refractivity contribution in [3.05, 3.63) is 70.8 Å². The average molecular weight is 423 g/mol. The quantitative estimate of drug-likeness (QED) is 0.641. The Morgan fingerprint density at radius 3 is 2.52 bits per heavy atom. The van der Waals surface area contributed by atoms with E-state index in [1.165, 1.54) is 5.56 Å². The smallest absolute Gasteiger partial charge is 0.322 e. The first-order chi connectivity index (χ1) is 14.7. The molecule has 1 atom stereocenters. The summed E-state index contributed by atoms with van der Waals surface area (Å²) < 4.78 is 0. The van der Waals surface area contributed by atoms with Gasteiger partial charge in [0.15, 0.2) is 0 Å². The van der Waals surface area contributed by atoms with Gasteiger partial charge in [-0.25, -0.2) is 4.79 Å². The summed E-state index contributed by atoms with van der Waals surface area (Å²) in [4.78, 5) is 39.6. The molecule has 1 aliphatic heterocycles. The highest BCUT2D eigenvalue weighted by Gasteiger charge is 2.48. The molecule has 0 spiro atoms. The molecule has 1 fully saturated rings. The maximum Gasteiger partial charge on any atom is 0.344 e. The first-order valence-corrected chi connectivity index (χ1v) is 10.4. The monoisotopic (exact) mass is 422 g/mol. The van der Waals surface area contributed by atoms with Gasteiger partial charge >= 0.3 is 6.03 Å². The number of amides is 4. The van der Waals surface area contributed by atoms with Crippen molar-refractivity contribution in [3.63, 3.8) is 0 Å². The number of carbonyl (C=O) groups is 3. The molecule has 4 amide bonds. The fourth-order valence-corrected chi connectivity index (χ4v) is 3.77. The largest absolute Gasteiger partial charge is 0.344 e. The molecule has 1 heterocycles. The second-order valence-corrected chi connectivity index (χ2v) is 8.53. The first-order valence-electron chi connectivity index (χ1n) is 10.4. The van der Waals surface area contributed by atoms with Gasteiger partial charge in [0.1, 0.15) is 5.54 Å². The number of aryl methyl sites for hydroxylation is 3. The van der Waals surface area contributed by atoms with Gasteiger partial charge in [0.05, 0.1) is 6.54 Å². The van der Waals surface area contributed by atoms with Gasteiger partial charge in [-0.2, -0.15) is 5.01 Å². The van der Waals surface area contributed by atoms with Gasteiger partial charge in [0.25, 0.3) is 11.8 Å². The lowest BCUT2D eigenvalue weighted by molar-refractivity contribution is -0.139. The molecule has 0 aliphatic carbocycles. The third-order valence-electron chi connectivity index (χ3n) is 5.61. The third-order valence-corrected chi connectivity index (χ3v) is 5.61. The maximum absolute atomic E-state index is 12.9. The number of urea groups is 1. The molecule has 2 aromatic carbocycles. The van der Waals surface area contributed by atoms with Crippen LogP contribution in [0.5, 0.6) is 0 Å². The van der Waals surface area contributed by atoms with Crippen LogP contribution in [-0.2, 0) is 22.6 Å². The van der Waals surface area contributed by atoms with Crippen LogP contribution in [0.3, 0.4) is 0 Å². The Morgan fingerprint density at radius 2 is 1.84 bits per heavy atom. The summed E-state index contributed by atoms with van der Waals surface area (Å²) in [5.74, 6) is -0.859. The zero-order chi connectivity index (χ0) is 22.6. The Hall–Kier alpha value is -3.19. The zero-order valence-corrected chi connectivity index (χ0v) is 18.6. The number of hydrogen-bond donors (Lipinski definition) is 2. The molecule has 2 aromatic rings. The van der Waals surface area contributed by atoms with Gasteiger partial charge in [-0.15, -0.1) is 0 Å². The Labute approximate surface area is 183 Å². The number of nitrogens with one attached hydrogen (secondary N) is 2. The van der Waals surface area contributed by atoms with E-state index in [9.17, 15) is 14.4 Å². The van der Waals surface area contributed by atoms with Gasteiger partial charge in [-0.1, -0.05) is 54.1 Å². The molecule has 3 rings (SSSR count). The van der Waals surface area contributed by atoms with E-state index in [4.69, 9.17) is 0 Å². The maximum atomic E-state index is 12.9. The van der Waals surface area contributed by atoms with E-state index in [1.54, 1.807) is 6.92 Å². The molecule has 31 heavy (non-hydrogen) atoms. The van der Waals surface area contributed by atoms with Crippen LogP contribution >= 0.6 is 0 Å². The van der Waals surface area contributed by atoms with E-state index in [1.807, 2.05) is 62.2 Å². The molecule has 1 saturated heterocycles. The van der Waals surface area contributed by atoms with Gasteiger partial charge in [0.2, 0.25) is 0 Å². The van der Waals surface area contributed by atoms with Gasteiger partial charge in [-0.05, 0) is 57.4 Å². The zero-order valence-electron chi connectivity index (χ0n) is 18.6. The predicted molar refractivity (Wildman–Crippen MR) is 119 cm³/mol. The molecular formula is C24H30N4O3. The predicted octanol–water partition coefficient (Wildman–Crippen LogP) is 2.71. The van der Waals surface area contributed by atoms with Crippen molar-refractivity contribution in [1.29, 1.82) is 0 Å². The molecule has 2 N–H and O–H groups in total. The Balaban J connectivity index is 1.55. The number of likely N-dealkylation sites (N-methyl/N-ethyl adjacent to an activating group) is 1. The lowest BCUT2D eigenvalue weighted by Gasteiger charge is -2.22. The Kier molecular flexibility index (Phi) is 6.75. The van der Waals surface area contributed by atoms with Gasteiger partial charge < -0.3 is 5.32 Å². The molecular weight excluding hydrogens is 392 g/mol. The van der Waals surface area contributed by atoms with E-state index in [0.29, 0.717) is 19.4 Å². The fraction of sp³-hybridized carbons (Fsp3) is 0.375. The number of nitrogens with zero attached hydrogens (tertiary/aromatic N) is 2. The highest BCUT2D eigenvalue weighted by Crippen LogP contribution is 2.22. The van der Waals surface area contributed by atoms with E-state index >= 15 is 0 Å². The normalized spacial score (nSPS) is 18.4. The molecule has 164 valence electrons. The Morgan fingerprint density at radius 1 is 1.13 bits per heavy atom. The molecule has 7 heteroatoms. The summed E-state index contributed by atoms with van der Waals surface area (Å²) in [5, 5.41) is 3.52. The molecule has 0 bridgehead atoms. The summed E-state index contributed by atoms with van der Waals surface area (Å²) in [6, 6.07) is 15.4. The number of imide groups is 1. The van der Waals surface area contributed by atoms with Crippen molar-refractivity contribution in [2.24, 2.45) is 0 Å². The second-order valence-electron chi connectivity index (χ2n) is 8.53. The fourth-order valence-electron chi connectivity index (χ4n) is 3.77. The summed E-state index contributed by atoms with van der Waals surface area (Å²) in [6.07, 6.45) is 1.09. The van der Waals surface area contributed by atoms with Crippen LogP contribution in [0.25, 0.3) is 0 Å². The van der Waals surface area contributed by atoms with E-state index in [-0.39, 0.29) is 6.54 Å². The van der Waals surface area contributed by atoms with Crippen LogP contribution in [0.4, 0.5) is 4.79 Å². The summed E-state index contributed by atoms with van der Waals surface area (Å²) in [7, 11) is 1.83. The highest BCUT2D eigenvalue weighted by atomic mass is 16.2. The lowest BCUT2D eigenvalue weighted by Crippen LogP contribution is -2.51. The van der Waals surface area contributed by atoms with Crippen molar-refractivity contribution in [2.75, 3.05) is 13.6 Å². The highest BCUT2D eigenvalue weighted by molar-refractivity contribution is 6.07. The van der Waals surface area contributed by atoms with Gasteiger partial charge in [-0.3, -0.25) is 19.9 Å². The third kappa shape index (κ3) is 5.49. The minimum absolute atomic E-state index is 0.0606. The van der Waals surface area contributed by atoms with E-state index in [0.717, 1.165) is 21.7 Å². The van der Waals surface area contributed by atoms with Crippen molar-refractivity contribution < 1.29 is 14.4 Å². The van der Waals surface area contributed by atoms with Crippen molar-refractivity contribution >= 4 is 17.8 Å². The molecule has 1 aliphatic rings. The second kappa shape index (κ2) is 9.31. The van der Waals surface area contributed by atoms with Crippen molar-refractivity contribution in [1.82, 2.24) is 20.7 Å². The van der Waals surface area contributed by atoms with Gasteiger partial charge in [0, 0.05) is 6.54 Å². The Bertz CT molecular complexity index is 976. The summed E-state index contributed by atoms with van der Waals surface area (Å²) in [6.45, 7) is 6.42. The minimum Gasteiger partial charge on any atom is -0.322 e. The molecule has 0 radical (unpaired) electrons. The van der Waals surface area contributed by atoms with Crippen LogP contribution in [0.15, 0.2) is 48.5 Å². The van der Waals surface area contributed by atoms with Crippen molar-refractivity contribution in [3.8, 4) is 0 Å². The standard InChI is InChI=1S/C24H30N4O3/c1-17-10-11-20(18(2)14-17)15-27(4)16-21(29)26-28-22(30)24(3,25-23(28)31)13-12-19-8-6-5-7-9-19/h5-11,14H,12-13,15-16H2,1-4H3,(H,25,31)(H,26,29)/t24-/m0/s1. The average Bonchev–Trinajstić information content (AvgIpc) is 2.93. The minimum atomic E-state index is -1.05. The lowest BCUT2D eigenvalue weighted by atomic mass is 9.93. The topological polar surface area (TPSA) is 81.8 Å². The number of carbonyl (C=O) groups excluding carboxylic acids is 3. The van der Waals surface area contributed by atoms with Crippen LogP contribution in [0.1, 0.15) is 35.6 Å². The SMILES string of the molecule is Cc1ccc(CN(C)CC(=O)NN2C(=O)N[C@@](C)(CCc3ccccc3)C2=O)c(C)c1. The molecule has 0 saturated carbocycles. The number of rotatable bonds is 8. The molecule has 0 unspecified atom stereocenters. The summed E-state index contributed by atoms with van der Waals surface area (Å²) in [5.41, 5.74) is 5.98. The molecule has 7 nitrogen and oxygen atoms in total. The van der Waals surface area contributed by atoms with Crippen LogP contribution < -0.4 is 10.7 Å². The van der Waals surface area contributed by atoms with Crippen LogP contribution in [0.2, 0.25) is 0 Å². The van der Waals surface area contributed by atoms with E-state index in [2.05, 4.69) is 22.9 Å². The number of hydrazine groups is 1. The summed E-state index contributed by atoms with van der Waals surface area (Å²) >= 11 is 0. The van der Waals surface area contributed by atoms with Crippen LogP contribution in [0, 0.1) is 13.8 Å². The number of hydrogen-bond acceptors (Lipinski definition) is 4. The van der Waals surface area contributed by atoms with Crippen LogP contribution in [-0.4, -0.2) is 46.9 Å². The van der Waals surface area contributed by atoms with Crippen molar-refractivity contribution in [2.45, 2.75) is 45.7 Å². The number of benzene rings is 2. The molecule has 0 aromatic heterocycles.